The standard InChI is InChI=1S/C13H13ClN2/c14-12-6-1-2-7-13(12)16-9-10-4-3-5-11(15)8-10/h1-8,16H,9,15H2. The molecule has 0 aliphatic rings. The third kappa shape index (κ3) is 2.67. The van der Waals surface area contributed by atoms with Crippen molar-refractivity contribution in [3.63, 3.8) is 0 Å². The van der Waals surface area contributed by atoms with E-state index in [2.05, 4.69) is 5.32 Å². The molecule has 82 valence electrons. The Balaban J connectivity index is 2.05. The van der Waals surface area contributed by atoms with Crippen molar-refractivity contribution in [1.29, 1.82) is 0 Å². The van der Waals surface area contributed by atoms with Crippen LogP contribution in [-0.4, -0.2) is 0 Å². The van der Waals surface area contributed by atoms with Crippen LogP contribution in [-0.2, 0) is 6.54 Å². The average Bonchev–Trinajstić information content (AvgIpc) is 2.28. The fraction of sp³-hybridized carbons (Fsp3) is 0.0769. The highest BCUT2D eigenvalue weighted by Gasteiger charge is 1.98. The smallest absolute Gasteiger partial charge is 0.0637 e. The van der Waals surface area contributed by atoms with Crippen LogP contribution in [0.5, 0.6) is 0 Å². The Bertz CT molecular complexity index is 483. The molecule has 0 bridgehead atoms. The van der Waals surface area contributed by atoms with Gasteiger partial charge in [0.05, 0.1) is 10.7 Å². The summed E-state index contributed by atoms with van der Waals surface area (Å²) in [4.78, 5) is 0. The number of hydrogen-bond donors (Lipinski definition) is 2. The van der Waals surface area contributed by atoms with E-state index in [1.54, 1.807) is 0 Å². The van der Waals surface area contributed by atoms with E-state index in [0.29, 0.717) is 0 Å². The predicted octanol–water partition coefficient (Wildman–Crippen LogP) is 3.53. The third-order valence-corrected chi connectivity index (χ3v) is 2.64. The van der Waals surface area contributed by atoms with Crippen molar-refractivity contribution >= 4 is 23.0 Å². The van der Waals surface area contributed by atoms with Crippen LogP contribution >= 0.6 is 11.6 Å². The maximum Gasteiger partial charge on any atom is 0.0637 e. The number of anilines is 2. The van der Waals surface area contributed by atoms with E-state index in [1.807, 2.05) is 48.5 Å². The molecule has 0 aromatic heterocycles. The summed E-state index contributed by atoms with van der Waals surface area (Å²) in [5.41, 5.74) is 8.56. The van der Waals surface area contributed by atoms with Gasteiger partial charge in [-0.25, -0.2) is 0 Å². The number of nitrogen functional groups attached to an aromatic ring is 1. The Kier molecular flexibility index (Phi) is 3.32. The summed E-state index contributed by atoms with van der Waals surface area (Å²) >= 11 is 6.03. The van der Waals surface area contributed by atoms with Crippen molar-refractivity contribution in [1.82, 2.24) is 0 Å². The minimum absolute atomic E-state index is 0.717. The van der Waals surface area contributed by atoms with Crippen LogP contribution in [0.25, 0.3) is 0 Å². The summed E-state index contributed by atoms with van der Waals surface area (Å²) in [5, 5.41) is 4.00. The molecule has 3 N–H and O–H groups in total. The van der Waals surface area contributed by atoms with E-state index >= 15 is 0 Å². The van der Waals surface area contributed by atoms with Gasteiger partial charge in [-0.2, -0.15) is 0 Å². The van der Waals surface area contributed by atoms with E-state index < -0.39 is 0 Å². The molecule has 2 aromatic carbocycles. The van der Waals surface area contributed by atoms with E-state index in [0.717, 1.165) is 28.5 Å². The molecule has 0 saturated heterocycles. The molecular weight excluding hydrogens is 220 g/mol. The SMILES string of the molecule is Nc1cccc(CNc2ccccc2Cl)c1. The Morgan fingerprint density at radius 1 is 1.06 bits per heavy atom. The number of nitrogens with one attached hydrogen (secondary N) is 1. The summed E-state index contributed by atoms with van der Waals surface area (Å²) in [6.07, 6.45) is 0. The van der Waals surface area contributed by atoms with Crippen LogP contribution in [0.2, 0.25) is 5.02 Å². The Labute approximate surface area is 100 Å². The van der Waals surface area contributed by atoms with Gasteiger partial charge >= 0.3 is 0 Å². The lowest BCUT2D eigenvalue weighted by Gasteiger charge is -2.08. The van der Waals surface area contributed by atoms with Gasteiger partial charge in [-0.1, -0.05) is 35.9 Å². The van der Waals surface area contributed by atoms with Gasteiger partial charge < -0.3 is 11.1 Å². The molecule has 0 spiro atoms. The normalized spacial score (nSPS) is 10.1. The van der Waals surface area contributed by atoms with Crippen molar-refractivity contribution in [2.24, 2.45) is 0 Å². The zero-order chi connectivity index (χ0) is 11.4. The zero-order valence-electron chi connectivity index (χ0n) is 8.78. The monoisotopic (exact) mass is 232 g/mol. The first-order chi connectivity index (χ1) is 7.75. The van der Waals surface area contributed by atoms with E-state index in [1.165, 1.54) is 0 Å². The van der Waals surface area contributed by atoms with Crippen molar-refractivity contribution in [2.45, 2.75) is 6.54 Å². The lowest BCUT2D eigenvalue weighted by atomic mass is 10.2. The van der Waals surface area contributed by atoms with Gasteiger partial charge in [0.2, 0.25) is 0 Å². The Morgan fingerprint density at radius 3 is 2.62 bits per heavy atom. The topological polar surface area (TPSA) is 38.0 Å². The molecule has 0 saturated carbocycles. The second-order valence-electron chi connectivity index (χ2n) is 3.58. The lowest BCUT2D eigenvalue weighted by molar-refractivity contribution is 1.15. The quantitative estimate of drug-likeness (QED) is 0.795. The Morgan fingerprint density at radius 2 is 1.88 bits per heavy atom. The maximum absolute atomic E-state index is 6.03. The minimum Gasteiger partial charge on any atom is -0.399 e. The molecule has 0 unspecified atom stereocenters. The van der Waals surface area contributed by atoms with Crippen molar-refractivity contribution in [3.8, 4) is 0 Å². The molecule has 0 aliphatic carbocycles. The van der Waals surface area contributed by atoms with Crippen LogP contribution in [0.1, 0.15) is 5.56 Å². The largest absolute Gasteiger partial charge is 0.399 e. The number of para-hydroxylation sites is 1. The average molecular weight is 233 g/mol. The van der Waals surface area contributed by atoms with Crippen molar-refractivity contribution in [3.05, 3.63) is 59.1 Å². The van der Waals surface area contributed by atoms with Gasteiger partial charge in [0.15, 0.2) is 0 Å². The van der Waals surface area contributed by atoms with E-state index in [-0.39, 0.29) is 0 Å². The molecule has 2 aromatic rings. The number of rotatable bonds is 3. The second kappa shape index (κ2) is 4.90. The van der Waals surface area contributed by atoms with Gasteiger partial charge in [-0.15, -0.1) is 0 Å². The molecule has 0 fully saturated rings. The molecule has 0 aliphatic heterocycles. The fourth-order valence-electron chi connectivity index (χ4n) is 1.50. The summed E-state index contributed by atoms with van der Waals surface area (Å²) in [7, 11) is 0. The van der Waals surface area contributed by atoms with Gasteiger partial charge in [0.1, 0.15) is 0 Å². The third-order valence-electron chi connectivity index (χ3n) is 2.31. The molecule has 2 nitrogen and oxygen atoms in total. The first kappa shape index (κ1) is 10.8. The highest BCUT2D eigenvalue weighted by atomic mass is 35.5. The van der Waals surface area contributed by atoms with Gasteiger partial charge in [0, 0.05) is 12.2 Å². The summed E-state index contributed by atoms with van der Waals surface area (Å²) in [6.45, 7) is 0.717. The van der Waals surface area contributed by atoms with Gasteiger partial charge in [0.25, 0.3) is 0 Å². The zero-order valence-corrected chi connectivity index (χ0v) is 9.54. The number of nitrogens with two attached hydrogens (primary N) is 1. The van der Waals surface area contributed by atoms with Crippen molar-refractivity contribution in [2.75, 3.05) is 11.1 Å². The molecule has 3 heteroatoms. The second-order valence-corrected chi connectivity index (χ2v) is 3.99. The molecule has 0 amide bonds. The lowest BCUT2D eigenvalue weighted by Crippen LogP contribution is -2.00. The summed E-state index contributed by atoms with van der Waals surface area (Å²) in [5.74, 6) is 0. The van der Waals surface area contributed by atoms with E-state index in [9.17, 15) is 0 Å². The molecule has 0 atom stereocenters. The highest BCUT2D eigenvalue weighted by Crippen LogP contribution is 2.21. The van der Waals surface area contributed by atoms with Crippen LogP contribution in [0, 0.1) is 0 Å². The minimum atomic E-state index is 0.717. The number of halogens is 1. The summed E-state index contributed by atoms with van der Waals surface area (Å²) < 4.78 is 0. The number of hydrogen-bond acceptors (Lipinski definition) is 2. The molecule has 16 heavy (non-hydrogen) atoms. The first-order valence-electron chi connectivity index (χ1n) is 5.08. The maximum atomic E-state index is 6.03. The van der Waals surface area contributed by atoms with Crippen LogP contribution < -0.4 is 11.1 Å². The fourth-order valence-corrected chi connectivity index (χ4v) is 1.71. The molecule has 0 heterocycles. The highest BCUT2D eigenvalue weighted by molar-refractivity contribution is 6.33. The summed E-state index contributed by atoms with van der Waals surface area (Å²) in [6, 6.07) is 15.5. The van der Waals surface area contributed by atoms with Crippen LogP contribution in [0.3, 0.4) is 0 Å². The predicted molar refractivity (Wildman–Crippen MR) is 69.6 cm³/mol. The molecule has 0 radical (unpaired) electrons. The molecular formula is C13H13ClN2. The van der Waals surface area contributed by atoms with Gasteiger partial charge in [-0.3, -0.25) is 0 Å². The first-order valence-corrected chi connectivity index (χ1v) is 5.46. The molecule has 2 rings (SSSR count). The van der Waals surface area contributed by atoms with Crippen molar-refractivity contribution < 1.29 is 0 Å². The number of benzene rings is 2. The van der Waals surface area contributed by atoms with Crippen LogP contribution in [0.15, 0.2) is 48.5 Å². The van der Waals surface area contributed by atoms with Crippen LogP contribution in [0.4, 0.5) is 11.4 Å². The Hall–Kier alpha value is -1.67. The van der Waals surface area contributed by atoms with Gasteiger partial charge in [-0.05, 0) is 29.8 Å². The van der Waals surface area contributed by atoms with E-state index in [4.69, 9.17) is 17.3 Å².